The molecule has 0 rings (SSSR count). The zero-order valence-corrected chi connectivity index (χ0v) is 8.96. The van der Waals surface area contributed by atoms with Gasteiger partial charge in [-0.1, -0.05) is 6.92 Å². The van der Waals surface area contributed by atoms with E-state index in [1.165, 1.54) is 0 Å². The fraction of sp³-hybridized carbons (Fsp3) is 0.750. The monoisotopic (exact) mass is 203 g/mol. The van der Waals surface area contributed by atoms with Gasteiger partial charge < -0.3 is 16.0 Å². The van der Waals surface area contributed by atoms with E-state index >= 15 is 0 Å². The number of amides is 1. The highest BCUT2D eigenvalue weighted by molar-refractivity contribution is 7.80. The van der Waals surface area contributed by atoms with Gasteiger partial charge in [0.2, 0.25) is 5.91 Å². The lowest BCUT2D eigenvalue weighted by Gasteiger charge is -2.08. The second kappa shape index (κ2) is 7.79. The van der Waals surface area contributed by atoms with Crippen LogP contribution in [0.4, 0.5) is 0 Å². The van der Waals surface area contributed by atoms with E-state index in [9.17, 15) is 4.79 Å². The summed E-state index contributed by atoms with van der Waals surface area (Å²) in [5.74, 6) is -0.0258. The summed E-state index contributed by atoms with van der Waals surface area (Å²) in [5, 5.41) is 8.96. The zero-order valence-electron chi connectivity index (χ0n) is 8.14. The molecule has 0 atom stereocenters. The number of carbonyl (C=O) groups excluding carboxylic acids is 1. The summed E-state index contributed by atoms with van der Waals surface area (Å²) in [7, 11) is 0. The van der Waals surface area contributed by atoms with E-state index in [1.807, 2.05) is 13.8 Å². The van der Waals surface area contributed by atoms with E-state index < -0.39 is 0 Å². The van der Waals surface area contributed by atoms with E-state index in [4.69, 9.17) is 12.2 Å². The molecule has 0 bridgehead atoms. The predicted octanol–water partition coefficient (Wildman–Crippen LogP) is -0.00340. The van der Waals surface area contributed by atoms with Crippen LogP contribution in [-0.4, -0.2) is 30.7 Å². The largest absolute Gasteiger partial charge is 0.363 e. The molecule has 0 aliphatic carbocycles. The SMILES string of the molecule is CCCNC(=O)CNC(=S)NCC. The summed E-state index contributed by atoms with van der Waals surface area (Å²) in [6.07, 6.45) is 0.948. The molecular formula is C8H17N3OS. The molecule has 0 fully saturated rings. The number of carbonyl (C=O) groups is 1. The van der Waals surface area contributed by atoms with Gasteiger partial charge in [0.15, 0.2) is 5.11 Å². The van der Waals surface area contributed by atoms with Crippen molar-refractivity contribution in [2.24, 2.45) is 0 Å². The molecule has 0 aromatic heterocycles. The molecule has 4 nitrogen and oxygen atoms in total. The minimum absolute atomic E-state index is 0.0258. The van der Waals surface area contributed by atoms with Gasteiger partial charge in [-0.3, -0.25) is 4.79 Å². The van der Waals surface area contributed by atoms with E-state index in [0.29, 0.717) is 11.7 Å². The lowest BCUT2D eigenvalue weighted by Crippen LogP contribution is -2.41. The van der Waals surface area contributed by atoms with Crippen LogP contribution < -0.4 is 16.0 Å². The van der Waals surface area contributed by atoms with Gasteiger partial charge in [0.25, 0.3) is 0 Å². The lowest BCUT2D eigenvalue weighted by atomic mass is 10.4. The van der Waals surface area contributed by atoms with Crippen molar-refractivity contribution in [2.45, 2.75) is 20.3 Å². The van der Waals surface area contributed by atoms with Crippen molar-refractivity contribution in [3.05, 3.63) is 0 Å². The van der Waals surface area contributed by atoms with Crippen molar-refractivity contribution < 1.29 is 4.79 Å². The van der Waals surface area contributed by atoms with Gasteiger partial charge in [-0.15, -0.1) is 0 Å². The van der Waals surface area contributed by atoms with Crippen molar-refractivity contribution >= 4 is 23.2 Å². The summed E-state index contributed by atoms with van der Waals surface area (Å²) < 4.78 is 0. The number of thiocarbonyl (C=S) groups is 1. The van der Waals surface area contributed by atoms with Crippen molar-refractivity contribution in [1.29, 1.82) is 0 Å². The van der Waals surface area contributed by atoms with Crippen molar-refractivity contribution in [1.82, 2.24) is 16.0 Å². The third-order valence-electron chi connectivity index (χ3n) is 1.32. The summed E-state index contributed by atoms with van der Waals surface area (Å²) >= 11 is 4.88. The Hall–Kier alpha value is -0.840. The van der Waals surface area contributed by atoms with Crippen molar-refractivity contribution in [3.63, 3.8) is 0 Å². The molecule has 76 valence electrons. The first-order chi connectivity index (χ1) is 6.20. The molecule has 1 amide bonds. The van der Waals surface area contributed by atoms with E-state index in [2.05, 4.69) is 16.0 Å². The fourth-order valence-corrected chi connectivity index (χ4v) is 0.927. The first-order valence-corrected chi connectivity index (χ1v) is 4.89. The van der Waals surface area contributed by atoms with E-state index in [1.54, 1.807) is 0 Å². The molecule has 0 aromatic rings. The van der Waals surface area contributed by atoms with Gasteiger partial charge in [0.1, 0.15) is 0 Å². The maximum Gasteiger partial charge on any atom is 0.239 e. The zero-order chi connectivity index (χ0) is 10.1. The second-order valence-electron chi connectivity index (χ2n) is 2.56. The summed E-state index contributed by atoms with van der Waals surface area (Å²) in [6, 6.07) is 0. The van der Waals surface area contributed by atoms with Crippen LogP contribution in [0.2, 0.25) is 0 Å². The number of rotatable bonds is 5. The highest BCUT2D eigenvalue weighted by atomic mass is 32.1. The van der Waals surface area contributed by atoms with Crippen molar-refractivity contribution in [2.75, 3.05) is 19.6 Å². The number of hydrogen-bond acceptors (Lipinski definition) is 2. The van der Waals surface area contributed by atoms with Crippen LogP contribution in [0.5, 0.6) is 0 Å². The molecule has 0 saturated carbocycles. The smallest absolute Gasteiger partial charge is 0.239 e. The quantitative estimate of drug-likeness (QED) is 0.550. The molecular weight excluding hydrogens is 186 g/mol. The molecule has 0 unspecified atom stereocenters. The Morgan fingerprint density at radius 3 is 2.46 bits per heavy atom. The lowest BCUT2D eigenvalue weighted by molar-refractivity contribution is -0.119. The van der Waals surface area contributed by atoms with Crippen LogP contribution in [0.15, 0.2) is 0 Å². The average Bonchev–Trinajstić information content (AvgIpc) is 2.12. The molecule has 0 aliphatic heterocycles. The normalized spacial score (nSPS) is 9.08. The fourth-order valence-electron chi connectivity index (χ4n) is 0.711. The molecule has 0 aliphatic rings. The van der Waals surface area contributed by atoms with Gasteiger partial charge in [-0.05, 0) is 25.6 Å². The Morgan fingerprint density at radius 1 is 1.23 bits per heavy atom. The van der Waals surface area contributed by atoms with Crippen molar-refractivity contribution in [3.8, 4) is 0 Å². The highest BCUT2D eigenvalue weighted by Crippen LogP contribution is 1.71. The highest BCUT2D eigenvalue weighted by Gasteiger charge is 1.99. The van der Waals surface area contributed by atoms with Crippen LogP contribution in [0.25, 0.3) is 0 Å². The first-order valence-electron chi connectivity index (χ1n) is 4.49. The van der Waals surface area contributed by atoms with Gasteiger partial charge in [0, 0.05) is 13.1 Å². The maximum atomic E-state index is 11.0. The molecule has 3 N–H and O–H groups in total. The standard InChI is InChI=1S/C8H17N3OS/c1-3-5-10-7(12)6-11-8(13)9-4-2/h3-6H2,1-2H3,(H,10,12)(H2,9,11,13). The Morgan fingerprint density at radius 2 is 1.92 bits per heavy atom. The number of hydrogen-bond donors (Lipinski definition) is 3. The molecule has 0 saturated heterocycles. The van der Waals surface area contributed by atoms with Gasteiger partial charge in [-0.25, -0.2) is 0 Å². The van der Waals surface area contributed by atoms with Crippen LogP contribution in [-0.2, 0) is 4.79 Å². The van der Waals surface area contributed by atoms with Crippen LogP contribution in [0.3, 0.4) is 0 Å². The van der Waals surface area contributed by atoms with E-state index in [0.717, 1.165) is 13.0 Å². The minimum Gasteiger partial charge on any atom is -0.363 e. The topological polar surface area (TPSA) is 53.2 Å². The maximum absolute atomic E-state index is 11.0. The second-order valence-corrected chi connectivity index (χ2v) is 2.97. The summed E-state index contributed by atoms with van der Waals surface area (Å²) in [5.41, 5.74) is 0. The first kappa shape index (κ1) is 12.2. The molecule has 0 radical (unpaired) electrons. The molecule has 0 heterocycles. The Bertz CT molecular complexity index is 173. The summed E-state index contributed by atoms with van der Waals surface area (Å²) in [6.45, 7) is 5.69. The molecule has 5 heteroatoms. The molecule has 13 heavy (non-hydrogen) atoms. The predicted molar refractivity (Wildman–Crippen MR) is 57.6 cm³/mol. The van der Waals surface area contributed by atoms with E-state index in [-0.39, 0.29) is 12.5 Å². The van der Waals surface area contributed by atoms with Gasteiger partial charge in [0.05, 0.1) is 6.54 Å². The number of nitrogens with one attached hydrogen (secondary N) is 3. The Balaban J connectivity index is 3.40. The molecule has 0 aromatic carbocycles. The minimum atomic E-state index is -0.0258. The van der Waals surface area contributed by atoms with Crippen LogP contribution >= 0.6 is 12.2 Å². The Kier molecular flexibility index (Phi) is 7.29. The third-order valence-corrected chi connectivity index (χ3v) is 1.61. The van der Waals surface area contributed by atoms with Crippen LogP contribution in [0.1, 0.15) is 20.3 Å². The molecule has 0 spiro atoms. The Labute approximate surface area is 84.5 Å². The van der Waals surface area contributed by atoms with Gasteiger partial charge >= 0.3 is 0 Å². The average molecular weight is 203 g/mol. The summed E-state index contributed by atoms with van der Waals surface area (Å²) in [4.78, 5) is 11.0. The van der Waals surface area contributed by atoms with Gasteiger partial charge in [-0.2, -0.15) is 0 Å². The van der Waals surface area contributed by atoms with Crippen LogP contribution in [0, 0.1) is 0 Å². The third kappa shape index (κ3) is 7.52.